The molecule has 0 aliphatic rings. The van der Waals surface area contributed by atoms with Crippen LogP contribution in [0.5, 0.6) is 0 Å². The van der Waals surface area contributed by atoms with Gasteiger partial charge >= 0.3 is 35.5 Å². The van der Waals surface area contributed by atoms with Gasteiger partial charge in [-0.25, -0.2) is 13.2 Å². The Labute approximate surface area is 220 Å². The fourth-order valence-corrected chi connectivity index (χ4v) is 4.65. The number of sulfone groups is 1. The van der Waals surface area contributed by atoms with Gasteiger partial charge in [-0.2, -0.15) is 0 Å². The standard InChI is InChI=1S/C24H24ClNO5S.Na.H/c1-16(26-15-23(27)18-4-8-20(25)9-5-18)14-17-2-10-21(11-3-17)32(30,31)22-12-6-19(7-13-22)24(28)29;;/h2-13,16,23,26-27H,14-15H2,1H3,(H,28,29);;/t16?,23-;;/m1../s1. The molecule has 0 fully saturated rings. The third-order valence-corrected chi connectivity index (χ3v) is 7.14. The van der Waals surface area contributed by atoms with Crippen LogP contribution < -0.4 is 5.32 Å². The van der Waals surface area contributed by atoms with Gasteiger partial charge in [-0.3, -0.25) is 0 Å². The summed E-state index contributed by atoms with van der Waals surface area (Å²) in [4.78, 5) is 11.1. The molecule has 0 aliphatic carbocycles. The average Bonchev–Trinajstić information content (AvgIpc) is 2.78. The molecule has 3 N–H and O–H groups in total. The summed E-state index contributed by atoms with van der Waals surface area (Å²) in [7, 11) is -3.73. The van der Waals surface area contributed by atoms with Crippen molar-refractivity contribution in [3.63, 3.8) is 0 Å². The van der Waals surface area contributed by atoms with Crippen molar-refractivity contribution in [2.45, 2.75) is 35.3 Å². The van der Waals surface area contributed by atoms with Crippen LogP contribution in [0.3, 0.4) is 0 Å². The normalized spacial score (nSPS) is 13.1. The number of nitrogens with one attached hydrogen (secondary N) is 1. The van der Waals surface area contributed by atoms with E-state index in [0.29, 0.717) is 18.0 Å². The third-order valence-electron chi connectivity index (χ3n) is 5.10. The summed E-state index contributed by atoms with van der Waals surface area (Å²) < 4.78 is 25.6. The summed E-state index contributed by atoms with van der Waals surface area (Å²) in [5, 5.41) is 23.2. The number of hydrogen-bond acceptors (Lipinski definition) is 5. The first-order valence-corrected chi connectivity index (χ1v) is 11.9. The number of benzene rings is 3. The molecule has 0 amide bonds. The van der Waals surface area contributed by atoms with Gasteiger partial charge in [0.15, 0.2) is 0 Å². The Morgan fingerprint density at radius 1 is 0.939 bits per heavy atom. The van der Waals surface area contributed by atoms with Gasteiger partial charge in [0, 0.05) is 17.6 Å². The summed E-state index contributed by atoms with van der Waals surface area (Å²) in [6.07, 6.45) is -0.00389. The molecule has 6 nitrogen and oxygen atoms in total. The second-order valence-electron chi connectivity index (χ2n) is 7.56. The van der Waals surface area contributed by atoms with Gasteiger partial charge in [0.25, 0.3) is 0 Å². The molecule has 170 valence electrons. The molecule has 3 rings (SSSR count). The molecular weight excluding hydrogens is 473 g/mol. The molecule has 33 heavy (non-hydrogen) atoms. The van der Waals surface area contributed by atoms with E-state index in [0.717, 1.165) is 11.1 Å². The first kappa shape index (κ1) is 27.5. The third kappa shape index (κ3) is 7.39. The van der Waals surface area contributed by atoms with Gasteiger partial charge < -0.3 is 15.5 Å². The number of carbonyl (C=O) groups is 1. The van der Waals surface area contributed by atoms with Crippen LogP contribution in [-0.4, -0.2) is 66.7 Å². The van der Waals surface area contributed by atoms with Crippen LogP contribution in [0.15, 0.2) is 82.6 Å². The van der Waals surface area contributed by atoms with Crippen LogP contribution in [0, 0.1) is 0 Å². The summed E-state index contributed by atoms with van der Waals surface area (Å²) in [5.74, 6) is -1.11. The number of aromatic carboxylic acids is 1. The van der Waals surface area contributed by atoms with Gasteiger partial charge in [0.05, 0.1) is 21.5 Å². The Hall–Kier alpha value is -1.71. The van der Waals surface area contributed by atoms with E-state index < -0.39 is 21.9 Å². The second-order valence-corrected chi connectivity index (χ2v) is 9.94. The Bertz CT molecular complexity index is 1170. The number of carboxylic acids is 1. The van der Waals surface area contributed by atoms with Crippen molar-refractivity contribution in [1.29, 1.82) is 0 Å². The predicted octanol–water partition coefficient (Wildman–Crippen LogP) is 3.48. The van der Waals surface area contributed by atoms with Gasteiger partial charge in [-0.15, -0.1) is 0 Å². The molecular formula is C24H25ClNNaO5S. The summed E-state index contributed by atoms with van der Waals surface area (Å²) in [6.45, 7) is 2.37. The number of rotatable bonds is 9. The molecule has 0 heterocycles. The van der Waals surface area contributed by atoms with Crippen LogP contribution in [0.4, 0.5) is 0 Å². The van der Waals surface area contributed by atoms with Crippen LogP contribution in [0.25, 0.3) is 0 Å². The maximum atomic E-state index is 12.8. The Morgan fingerprint density at radius 2 is 1.45 bits per heavy atom. The second kappa shape index (κ2) is 12.1. The van der Waals surface area contributed by atoms with E-state index >= 15 is 0 Å². The van der Waals surface area contributed by atoms with E-state index in [1.54, 1.807) is 48.5 Å². The van der Waals surface area contributed by atoms with Crippen molar-refractivity contribution in [2.24, 2.45) is 0 Å². The van der Waals surface area contributed by atoms with Crippen molar-refractivity contribution in [3.05, 3.63) is 94.5 Å². The number of carboxylic acid groups (broad SMARTS) is 1. The van der Waals surface area contributed by atoms with Crippen LogP contribution in [0.1, 0.15) is 34.5 Å². The number of halogens is 1. The van der Waals surface area contributed by atoms with Crippen molar-refractivity contribution in [1.82, 2.24) is 5.32 Å². The molecule has 0 radical (unpaired) electrons. The Kier molecular flexibility index (Phi) is 10.1. The van der Waals surface area contributed by atoms with Gasteiger partial charge in [-0.1, -0.05) is 35.9 Å². The Balaban J connectivity index is 0.00000385. The molecule has 0 spiro atoms. The molecule has 3 aromatic rings. The van der Waals surface area contributed by atoms with E-state index in [4.69, 9.17) is 16.7 Å². The zero-order valence-electron chi connectivity index (χ0n) is 17.4. The molecule has 2 atom stereocenters. The van der Waals surface area contributed by atoms with Crippen molar-refractivity contribution >= 4 is 57.0 Å². The van der Waals surface area contributed by atoms with Gasteiger partial charge in [-0.05, 0) is 73.0 Å². The van der Waals surface area contributed by atoms with Gasteiger partial charge in [0.1, 0.15) is 0 Å². The van der Waals surface area contributed by atoms with E-state index in [2.05, 4.69) is 5.32 Å². The zero-order chi connectivity index (χ0) is 23.3. The van der Waals surface area contributed by atoms with Crippen molar-refractivity contribution in [3.8, 4) is 0 Å². The first-order chi connectivity index (χ1) is 15.2. The van der Waals surface area contributed by atoms with Crippen molar-refractivity contribution in [2.75, 3.05) is 6.54 Å². The average molecular weight is 498 g/mol. The SMILES string of the molecule is CC(Cc1ccc(S(=O)(=O)c2ccc(C(=O)O)cc2)cc1)NC[C@@H](O)c1ccc(Cl)cc1.[NaH]. The van der Waals surface area contributed by atoms with E-state index in [1.165, 1.54) is 24.3 Å². The minimum absolute atomic E-state index is 0. The van der Waals surface area contributed by atoms with Crippen molar-refractivity contribution < 1.29 is 23.4 Å². The molecule has 0 saturated heterocycles. The summed E-state index contributed by atoms with van der Waals surface area (Å²) in [6, 6.07) is 18.8. The maximum absolute atomic E-state index is 12.8. The summed E-state index contributed by atoms with van der Waals surface area (Å²) >= 11 is 5.87. The molecule has 0 aliphatic heterocycles. The van der Waals surface area contributed by atoms with Crippen LogP contribution in [0.2, 0.25) is 5.02 Å². The Morgan fingerprint density at radius 3 is 1.97 bits per heavy atom. The fourth-order valence-electron chi connectivity index (χ4n) is 3.26. The molecule has 0 saturated carbocycles. The monoisotopic (exact) mass is 497 g/mol. The van der Waals surface area contributed by atoms with Crippen LogP contribution in [-0.2, 0) is 16.3 Å². The predicted molar refractivity (Wildman–Crippen MR) is 130 cm³/mol. The van der Waals surface area contributed by atoms with Crippen LogP contribution >= 0.6 is 11.6 Å². The number of aliphatic hydroxyl groups is 1. The fraction of sp³-hybridized carbons (Fsp3) is 0.208. The molecule has 1 unspecified atom stereocenters. The molecule has 0 aromatic heterocycles. The van der Waals surface area contributed by atoms with E-state index in [1.807, 2.05) is 6.92 Å². The molecule has 3 aromatic carbocycles. The summed E-state index contributed by atoms with van der Waals surface area (Å²) in [5.41, 5.74) is 1.76. The zero-order valence-corrected chi connectivity index (χ0v) is 19.0. The van der Waals surface area contributed by atoms with E-state index in [9.17, 15) is 18.3 Å². The number of hydrogen-bond donors (Lipinski definition) is 3. The molecule has 0 bridgehead atoms. The quantitative estimate of drug-likeness (QED) is 0.391. The first-order valence-electron chi connectivity index (χ1n) is 10.0. The van der Waals surface area contributed by atoms with Gasteiger partial charge in [0.2, 0.25) is 9.84 Å². The molecule has 9 heteroatoms. The topological polar surface area (TPSA) is 104 Å². The van der Waals surface area contributed by atoms with E-state index in [-0.39, 0.29) is 51.0 Å². The number of aliphatic hydroxyl groups excluding tert-OH is 1. The minimum atomic E-state index is -3.73.